The molecule has 2 saturated heterocycles. The highest BCUT2D eigenvalue weighted by molar-refractivity contribution is 5.81. The monoisotopic (exact) mass is 222 g/mol. The van der Waals surface area contributed by atoms with E-state index in [0.29, 0.717) is 13.1 Å². The molecule has 0 saturated carbocycles. The van der Waals surface area contributed by atoms with Gasteiger partial charge in [0.1, 0.15) is 5.92 Å². The molecular weight excluding hydrogens is 204 g/mol. The van der Waals surface area contributed by atoms with E-state index in [2.05, 4.69) is 6.07 Å². The van der Waals surface area contributed by atoms with Crippen molar-refractivity contribution in [2.75, 3.05) is 13.1 Å². The normalized spacial score (nSPS) is 30.2. The summed E-state index contributed by atoms with van der Waals surface area (Å²) in [5.74, 6) is -0.437. The summed E-state index contributed by atoms with van der Waals surface area (Å²) in [5, 5.41) is 9.02. The maximum Gasteiger partial charge on any atom is 0.240 e. The first-order valence-corrected chi connectivity index (χ1v) is 5.95. The molecule has 4 heteroatoms. The van der Waals surface area contributed by atoms with Crippen LogP contribution in [-0.4, -0.2) is 36.1 Å². The molecule has 0 radical (unpaired) electrons. The van der Waals surface area contributed by atoms with Crippen LogP contribution in [0, 0.1) is 23.2 Å². The van der Waals surface area contributed by atoms with Crippen LogP contribution in [0.15, 0.2) is 0 Å². The lowest BCUT2D eigenvalue weighted by Gasteiger charge is -2.33. The van der Waals surface area contributed by atoms with Crippen molar-refractivity contribution >= 4 is 5.91 Å². The van der Waals surface area contributed by atoms with Crippen molar-refractivity contribution in [3.8, 4) is 6.07 Å². The number of amides is 1. The zero-order valence-corrected chi connectivity index (χ0v) is 9.85. The van der Waals surface area contributed by atoms with Crippen LogP contribution in [0.4, 0.5) is 0 Å². The molecule has 1 amide bonds. The summed E-state index contributed by atoms with van der Waals surface area (Å²) in [6.07, 6.45) is 2.50. The molecule has 4 nitrogen and oxygen atoms in total. The fourth-order valence-corrected chi connectivity index (χ4v) is 2.48. The number of hydrogen-bond acceptors (Lipinski definition) is 3. The molecule has 2 fully saturated rings. The van der Waals surface area contributed by atoms with Crippen molar-refractivity contribution in [2.45, 2.75) is 38.9 Å². The lowest BCUT2D eigenvalue weighted by molar-refractivity contribution is -0.143. The Balaban J connectivity index is 2.02. The van der Waals surface area contributed by atoms with E-state index in [9.17, 15) is 4.79 Å². The maximum atomic E-state index is 12.1. The van der Waals surface area contributed by atoms with Crippen molar-refractivity contribution < 1.29 is 9.53 Å². The van der Waals surface area contributed by atoms with Gasteiger partial charge in [0.25, 0.3) is 0 Å². The van der Waals surface area contributed by atoms with E-state index in [-0.39, 0.29) is 24.0 Å². The fraction of sp³-hybridized carbons (Fsp3) is 0.833. The van der Waals surface area contributed by atoms with Crippen molar-refractivity contribution in [3.63, 3.8) is 0 Å². The SMILES string of the molecule is CC(C)C(C#N)C(=O)N1CC2CCC(C1)O2. The molecule has 16 heavy (non-hydrogen) atoms. The molecule has 2 rings (SSSR count). The molecule has 0 spiro atoms. The number of rotatable bonds is 2. The third-order valence-corrected chi connectivity index (χ3v) is 3.43. The van der Waals surface area contributed by atoms with Crippen LogP contribution in [0.3, 0.4) is 0 Å². The average Bonchev–Trinajstić information content (AvgIpc) is 2.58. The number of nitriles is 1. The lowest BCUT2D eigenvalue weighted by Crippen LogP contribution is -2.48. The van der Waals surface area contributed by atoms with E-state index in [1.807, 2.05) is 18.7 Å². The number of likely N-dealkylation sites (tertiary alicyclic amines) is 1. The molecule has 2 aliphatic heterocycles. The van der Waals surface area contributed by atoms with Crippen LogP contribution in [-0.2, 0) is 9.53 Å². The molecule has 0 aromatic heterocycles. The van der Waals surface area contributed by atoms with E-state index in [0.717, 1.165) is 12.8 Å². The van der Waals surface area contributed by atoms with Crippen LogP contribution in [0.1, 0.15) is 26.7 Å². The van der Waals surface area contributed by atoms with Gasteiger partial charge in [0.15, 0.2) is 0 Å². The molecule has 0 aromatic rings. The van der Waals surface area contributed by atoms with E-state index in [1.165, 1.54) is 0 Å². The second-order valence-electron chi connectivity index (χ2n) is 5.05. The third-order valence-electron chi connectivity index (χ3n) is 3.43. The van der Waals surface area contributed by atoms with E-state index in [1.54, 1.807) is 0 Å². The highest BCUT2D eigenvalue weighted by atomic mass is 16.5. The zero-order chi connectivity index (χ0) is 11.7. The minimum absolute atomic E-state index is 0.0160. The Bertz CT molecular complexity index is 309. The van der Waals surface area contributed by atoms with Gasteiger partial charge in [0.2, 0.25) is 5.91 Å². The summed E-state index contributed by atoms with van der Waals surface area (Å²) in [6.45, 7) is 5.17. The summed E-state index contributed by atoms with van der Waals surface area (Å²) in [5.41, 5.74) is 0. The van der Waals surface area contributed by atoms with Gasteiger partial charge < -0.3 is 9.64 Å². The minimum Gasteiger partial charge on any atom is -0.371 e. The largest absolute Gasteiger partial charge is 0.371 e. The zero-order valence-electron chi connectivity index (χ0n) is 9.85. The summed E-state index contributed by atoms with van der Waals surface area (Å²) in [6, 6.07) is 2.12. The van der Waals surface area contributed by atoms with Gasteiger partial charge in [0.05, 0.1) is 18.3 Å². The number of nitrogens with zero attached hydrogens (tertiary/aromatic N) is 2. The second kappa shape index (κ2) is 4.42. The van der Waals surface area contributed by atoms with Gasteiger partial charge in [0, 0.05) is 13.1 Å². The Morgan fingerprint density at radius 2 is 1.94 bits per heavy atom. The number of fused-ring (bicyclic) bond motifs is 2. The first-order valence-electron chi connectivity index (χ1n) is 5.95. The highest BCUT2D eigenvalue weighted by Crippen LogP contribution is 2.27. The molecule has 0 N–H and O–H groups in total. The lowest BCUT2D eigenvalue weighted by atomic mass is 9.95. The molecule has 3 unspecified atom stereocenters. The summed E-state index contributed by atoms with van der Waals surface area (Å²) in [4.78, 5) is 14.0. The third kappa shape index (κ3) is 2.05. The molecule has 3 atom stereocenters. The van der Waals surface area contributed by atoms with Crippen LogP contribution >= 0.6 is 0 Å². The minimum atomic E-state index is -0.502. The number of ether oxygens (including phenoxy) is 1. The predicted molar refractivity (Wildman–Crippen MR) is 58.4 cm³/mol. The van der Waals surface area contributed by atoms with Crippen molar-refractivity contribution in [3.05, 3.63) is 0 Å². The molecule has 88 valence electrons. The van der Waals surface area contributed by atoms with Crippen LogP contribution in [0.25, 0.3) is 0 Å². The Morgan fingerprint density at radius 3 is 2.38 bits per heavy atom. The maximum absolute atomic E-state index is 12.1. The van der Waals surface area contributed by atoms with Gasteiger partial charge in [-0.1, -0.05) is 13.8 Å². The average molecular weight is 222 g/mol. The number of carbonyl (C=O) groups excluding carboxylic acids is 1. The first kappa shape index (κ1) is 11.4. The Labute approximate surface area is 96.2 Å². The van der Waals surface area contributed by atoms with E-state index < -0.39 is 5.92 Å². The molecule has 2 aliphatic rings. The van der Waals surface area contributed by atoms with Crippen molar-refractivity contribution in [1.29, 1.82) is 5.26 Å². The van der Waals surface area contributed by atoms with Gasteiger partial charge in [-0.05, 0) is 18.8 Å². The topological polar surface area (TPSA) is 53.3 Å². The summed E-state index contributed by atoms with van der Waals surface area (Å²) >= 11 is 0. The number of carbonyl (C=O) groups is 1. The Morgan fingerprint density at radius 1 is 1.38 bits per heavy atom. The fourth-order valence-electron chi connectivity index (χ4n) is 2.48. The van der Waals surface area contributed by atoms with Gasteiger partial charge in [-0.2, -0.15) is 5.26 Å². The summed E-state index contributed by atoms with van der Waals surface area (Å²) < 4.78 is 5.67. The molecule has 2 bridgehead atoms. The first-order chi connectivity index (χ1) is 7.61. The van der Waals surface area contributed by atoms with Crippen molar-refractivity contribution in [2.24, 2.45) is 11.8 Å². The van der Waals surface area contributed by atoms with Gasteiger partial charge in [-0.25, -0.2) is 0 Å². The van der Waals surface area contributed by atoms with Crippen LogP contribution < -0.4 is 0 Å². The quantitative estimate of drug-likeness (QED) is 0.704. The second-order valence-corrected chi connectivity index (χ2v) is 5.05. The van der Waals surface area contributed by atoms with Crippen LogP contribution in [0.2, 0.25) is 0 Å². The predicted octanol–water partition coefficient (Wildman–Crippen LogP) is 1.17. The molecule has 0 aliphatic carbocycles. The number of morpholine rings is 1. The van der Waals surface area contributed by atoms with E-state index >= 15 is 0 Å². The van der Waals surface area contributed by atoms with Crippen molar-refractivity contribution in [1.82, 2.24) is 4.90 Å². The Hall–Kier alpha value is -1.08. The number of hydrogen-bond donors (Lipinski definition) is 0. The van der Waals surface area contributed by atoms with Gasteiger partial charge >= 0.3 is 0 Å². The molecule has 2 heterocycles. The van der Waals surface area contributed by atoms with Gasteiger partial charge in [-0.15, -0.1) is 0 Å². The highest BCUT2D eigenvalue weighted by Gasteiger charge is 2.38. The van der Waals surface area contributed by atoms with Gasteiger partial charge in [-0.3, -0.25) is 4.79 Å². The van der Waals surface area contributed by atoms with E-state index in [4.69, 9.17) is 10.00 Å². The summed E-state index contributed by atoms with van der Waals surface area (Å²) in [7, 11) is 0. The molecule has 0 aromatic carbocycles. The smallest absolute Gasteiger partial charge is 0.240 e. The Kier molecular flexibility index (Phi) is 3.15. The molecular formula is C12H18N2O2. The van der Waals surface area contributed by atoms with Crippen LogP contribution in [0.5, 0.6) is 0 Å². The standard InChI is InChI=1S/C12H18N2O2/c1-8(2)11(5-13)12(15)14-6-9-3-4-10(7-14)16-9/h8-11H,3-4,6-7H2,1-2H3.